The summed E-state index contributed by atoms with van der Waals surface area (Å²) in [6.45, 7) is 1.07. The number of aliphatic hydroxyl groups excluding tert-OH is 1. The van der Waals surface area contributed by atoms with Gasteiger partial charge in [0, 0.05) is 13.2 Å². The molecule has 0 bridgehead atoms. The maximum Gasteiger partial charge on any atom is 0.231 e. The average molecular weight is 296 g/mol. The van der Waals surface area contributed by atoms with Crippen molar-refractivity contribution in [2.24, 2.45) is 5.41 Å². The molecule has 1 aromatic carbocycles. The second-order valence-corrected chi connectivity index (χ2v) is 5.43. The summed E-state index contributed by atoms with van der Waals surface area (Å²) in [5.74, 6) is 0.993. The lowest BCUT2D eigenvalue weighted by Gasteiger charge is -2.35. The van der Waals surface area contributed by atoms with Crippen molar-refractivity contribution in [1.82, 2.24) is 0 Å². The minimum atomic E-state index is -0.927. The van der Waals surface area contributed by atoms with Gasteiger partial charge < -0.3 is 19.3 Å². The van der Waals surface area contributed by atoms with Crippen LogP contribution in [0.3, 0.4) is 0 Å². The van der Waals surface area contributed by atoms with E-state index in [1.807, 2.05) is 0 Å². The highest BCUT2D eigenvalue weighted by molar-refractivity contribution is 6.32. The molecule has 1 fully saturated rings. The molecule has 5 nitrogen and oxygen atoms in total. The van der Waals surface area contributed by atoms with Crippen LogP contribution < -0.4 is 9.47 Å². The monoisotopic (exact) mass is 295 g/mol. The van der Waals surface area contributed by atoms with Crippen LogP contribution in [0, 0.1) is 16.7 Å². The molecule has 1 saturated heterocycles. The number of hydrogen-bond acceptors (Lipinski definition) is 5. The Morgan fingerprint density at radius 1 is 1.30 bits per heavy atom. The van der Waals surface area contributed by atoms with Gasteiger partial charge in [-0.1, -0.05) is 11.6 Å². The second kappa shape index (κ2) is 5.13. The van der Waals surface area contributed by atoms with Crippen molar-refractivity contribution < 1.29 is 19.3 Å². The molecule has 2 aliphatic heterocycles. The molecule has 2 heterocycles. The molecule has 106 valence electrons. The van der Waals surface area contributed by atoms with Crippen LogP contribution >= 0.6 is 11.6 Å². The largest absolute Gasteiger partial charge is 0.454 e. The van der Waals surface area contributed by atoms with Gasteiger partial charge >= 0.3 is 0 Å². The predicted octanol–water partition coefficient (Wildman–Crippen LogP) is 2.42. The molecule has 0 radical (unpaired) electrons. The smallest absolute Gasteiger partial charge is 0.231 e. The Labute approximate surface area is 121 Å². The van der Waals surface area contributed by atoms with Crippen LogP contribution in [0.1, 0.15) is 24.5 Å². The van der Waals surface area contributed by atoms with Crippen molar-refractivity contribution in [2.75, 3.05) is 20.0 Å². The van der Waals surface area contributed by atoms with Crippen LogP contribution in [-0.2, 0) is 4.74 Å². The maximum absolute atomic E-state index is 10.6. The third-order valence-electron chi connectivity index (χ3n) is 3.90. The number of ether oxygens (including phenoxy) is 3. The molecular formula is C14H14ClNO4. The first-order valence-corrected chi connectivity index (χ1v) is 6.80. The molecule has 0 spiro atoms. The van der Waals surface area contributed by atoms with E-state index in [9.17, 15) is 10.4 Å². The SMILES string of the molecule is N#CC1(C(O)c2cc(Cl)c3c(c2)OCO3)CCOCC1. The third-order valence-corrected chi connectivity index (χ3v) is 4.18. The van der Waals surface area contributed by atoms with Gasteiger partial charge in [-0.3, -0.25) is 0 Å². The fourth-order valence-electron chi connectivity index (χ4n) is 2.65. The van der Waals surface area contributed by atoms with Gasteiger partial charge in [0.1, 0.15) is 0 Å². The van der Waals surface area contributed by atoms with Gasteiger partial charge in [0.25, 0.3) is 0 Å². The van der Waals surface area contributed by atoms with Crippen LogP contribution in [-0.4, -0.2) is 25.1 Å². The predicted molar refractivity (Wildman–Crippen MR) is 70.6 cm³/mol. The number of rotatable bonds is 2. The molecule has 0 aliphatic carbocycles. The zero-order valence-electron chi connectivity index (χ0n) is 10.8. The van der Waals surface area contributed by atoms with Crippen molar-refractivity contribution in [3.05, 3.63) is 22.7 Å². The van der Waals surface area contributed by atoms with Crippen molar-refractivity contribution in [2.45, 2.75) is 18.9 Å². The number of benzene rings is 1. The van der Waals surface area contributed by atoms with E-state index in [4.69, 9.17) is 25.8 Å². The number of nitriles is 1. The van der Waals surface area contributed by atoms with E-state index in [1.54, 1.807) is 12.1 Å². The first kappa shape index (κ1) is 13.5. The molecule has 1 aromatic rings. The fourth-order valence-corrected chi connectivity index (χ4v) is 2.92. The van der Waals surface area contributed by atoms with Crippen LogP contribution in [0.4, 0.5) is 0 Å². The zero-order valence-corrected chi connectivity index (χ0v) is 11.5. The Morgan fingerprint density at radius 3 is 2.75 bits per heavy atom. The minimum absolute atomic E-state index is 0.117. The number of halogens is 1. The molecule has 3 rings (SSSR count). The molecule has 6 heteroatoms. The third kappa shape index (κ3) is 2.10. The Morgan fingerprint density at radius 2 is 2.05 bits per heavy atom. The number of aliphatic hydroxyl groups is 1. The van der Waals surface area contributed by atoms with Crippen molar-refractivity contribution in [3.8, 4) is 17.6 Å². The van der Waals surface area contributed by atoms with Gasteiger partial charge in [0.05, 0.1) is 22.6 Å². The standard InChI is InChI=1S/C14H14ClNO4/c15-10-5-9(6-11-12(10)20-8-19-11)13(17)14(7-16)1-3-18-4-2-14/h5-6,13,17H,1-4,8H2. The van der Waals surface area contributed by atoms with Crippen molar-refractivity contribution in [1.29, 1.82) is 5.26 Å². The molecule has 1 N–H and O–H groups in total. The summed E-state index contributed by atoms with van der Waals surface area (Å²) in [7, 11) is 0. The molecule has 1 unspecified atom stereocenters. The lowest BCUT2D eigenvalue weighted by atomic mass is 9.74. The van der Waals surface area contributed by atoms with E-state index >= 15 is 0 Å². The molecular weight excluding hydrogens is 282 g/mol. The van der Waals surface area contributed by atoms with Crippen LogP contribution in [0.15, 0.2) is 12.1 Å². The summed E-state index contributed by atoms with van der Waals surface area (Å²) < 4.78 is 15.8. The van der Waals surface area contributed by atoms with E-state index in [-0.39, 0.29) is 6.79 Å². The van der Waals surface area contributed by atoms with E-state index in [0.29, 0.717) is 48.1 Å². The maximum atomic E-state index is 10.6. The Kier molecular flexibility index (Phi) is 3.47. The lowest BCUT2D eigenvalue weighted by Crippen LogP contribution is -2.34. The second-order valence-electron chi connectivity index (χ2n) is 5.02. The molecule has 0 saturated carbocycles. The first-order valence-electron chi connectivity index (χ1n) is 6.42. The minimum Gasteiger partial charge on any atom is -0.454 e. The zero-order chi connectivity index (χ0) is 14.2. The van der Waals surface area contributed by atoms with Gasteiger partial charge in [-0.15, -0.1) is 0 Å². The van der Waals surface area contributed by atoms with Crippen molar-refractivity contribution in [3.63, 3.8) is 0 Å². The summed E-state index contributed by atoms with van der Waals surface area (Å²) in [6, 6.07) is 5.58. The Hall–Kier alpha value is -1.48. The van der Waals surface area contributed by atoms with E-state index in [0.717, 1.165) is 0 Å². The highest BCUT2D eigenvalue weighted by Gasteiger charge is 2.41. The summed E-state index contributed by atoms with van der Waals surface area (Å²) in [4.78, 5) is 0. The van der Waals surface area contributed by atoms with Gasteiger partial charge in [-0.2, -0.15) is 5.26 Å². The van der Waals surface area contributed by atoms with Gasteiger partial charge in [0.2, 0.25) is 6.79 Å². The highest BCUT2D eigenvalue weighted by Crippen LogP contribution is 2.46. The quantitative estimate of drug-likeness (QED) is 0.907. The number of hydrogen-bond donors (Lipinski definition) is 1. The van der Waals surface area contributed by atoms with Crippen LogP contribution in [0.2, 0.25) is 5.02 Å². The summed E-state index contributed by atoms with van der Waals surface area (Å²) in [5, 5.41) is 20.5. The van der Waals surface area contributed by atoms with Crippen molar-refractivity contribution >= 4 is 11.6 Å². The molecule has 20 heavy (non-hydrogen) atoms. The normalized spacial score (nSPS) is 21.2. The summed E-state index contributed by atoms with van der Waals surface area (Å²) in [5.41, 5.74) is -0.266. The Bertz CT molecular complexity index is 563. The van der Waals surface area contributed by atoms with Gasteiger partial charge in [0.15, 0.2) is 11.5 Å². The summed E-state index contributed by atoms with van der Waals surface area (Å²) >= 11 is 6.12. The number of nitrogens with zero attached hydrogens (tertiary/aromatic N) is 1. The molecule has 0 aromatic heterocycles. The number of fused-ring (bicyclic) bond motifs is 1. The topological polar surface area (TPSA) is 71.7 Å². The average Bonchev–Trinajstić information content (AvgIpc) is 2.96. The first-order chi connectivity index (χ1) is 9.66. The highest BCUT2D eigenvalue weighted by atomic mass is 35.5. The lowest BCUT2D eigenvalue weighted by molar-refractivity contribution is -0.0310. The van der Waals surface area contributed by atoms with Crippen LogP contribution in [0.25, 0.3) is 0 Å². The van der Waals surface area contributed by atoms with E-state index in [1.165, 1.54) is 0 Å². The van der Waals surface area contributed by atoms with Gasteiger partial charge in [-0.05, 0) is 30.5 Å². The van der Waals surface area contributed by atoms with E-state index < -0.39 is 11.5 Å². The van der Waals surface area contributed by atoms with E-state index in [2.05, 4.69) is 6.07 Å². The summed E-state index contributed by atoms with van der Waals surface area (Å²) in [6.07, 6.45) is 0.0661. The van der Waals surface area contributed by atoms with Gasteiger partial charge in [-0.25, -0.2) is 0 Å². The Balaban J connectivity index is 1.96. The fraction of sp³-hybridized carbons (Fsp3) is 0.500. The van der Waals surface area contributed by atoms with Crippen LogP contribution in [0.5, 0.6) is 11.5 Å². The molecule has 1 atom stereocenters. The molecule has 0 amide bonds. The molecule has 2 aliphatic rings.